The van der Waals surface area contributed by atoms with Crippen molar-refractivity contribution in [1.29, 1.82) is 0 Å². The van der Waals surface area contributed by atoms with Crippen LogP contribution in [0.5, 0.6) is 0 Å². The van der Waals surface area contributed by atoms with Crippen LogP contribution in [-0.4, -0.2) is 28.3 Å². The molecule has 1 unspecified atom stereocenters. The van der Waals surface area contributed by atoms with Crippen molar-refractivity contribution >= 4 is 22.8 Å². The molecule has 6 heteroatoms. The lowest BCUT2D eigenvalue weighted by atomic mass is 9.98. The van der Waals surface area contributed by atoms with Gasteiger partial charge < -0.3 is 20.2 Å². The van der Waals surface area contributed by atoms with Crippen molar-refractivity contribution in [2.24, 2.45) is 0 Å². The topological polar surface area (TPSA) is 87.4 Å². The predicted octanol–water partition coefficient (Wildman–Crippen LogP) is 2.81. The van der Waals surface area contributed by atoms with E-state index in [2.05, 4.69) is 15.6 Å². The van der Waals surface area contributed by atoms with Crippen molar-refractivity contribution in [2.75, 3.05) is 11.9 Å². The molecule has 2 aromatic rings. The van der Waals surface area contributed by atoms with Gasteiger partial charge in [0.25, 0.3) is 0 Å². The van der Waals surface area contributed by atoms with Crippen molar-refractivity contribution in [1.82, 2.24) is 10.3 Å². The van der Waals surface area contributed by atoms with Gasteiger partial charge in [-0.05, 0) is 31.5 Å². The van der Waals surface area contributed by atoms with Crippen molar-refractivity contribution < 1.29 is 14.3 Å². The van der Waals surface area contributed by atoms with Gasteiger partial charge in [0.2, 0.25) is 0 Å². The number of hydrogen-bond donors (Lipinski definition) is 3. The van der Waals surface area contributed by atoms with E-state index in [4.69, 9.17) is 4.42 Å². The molecule has 3 N–H and O–H groups in total. The van der Waals surface area contributed by atoms with Gasteiger partial charge in [-0.2, -0.15) is 0 Å². The quantitative estimate of drug-likeness (QED) is 0.790. The fraction of sp³-hybridized carbons (Fsp3) is 0.467. The summed E-state index contributed by atoms with van der Waals surface area (Å²) in [5.74, 6) is 0.586. The van der Waals surface area contributed by atoms with Gasteiger partial charge in [0.15, 0.2) is 11.5 Å². The summed E-state index contributed by atoms with van der Waals surface area (Å²) in [4.78, 5) is 16.2. The first-order valence-electron chi connectivity index (χ1n) is 7.03. The highest BCUT2D eigenvalue weighted by Crippen LogP contribution is 2.20. The highest BCUT2D eigenvalue weighted by Gasteiger charge is 2.24. The molecule has 1 aromatic carbocycles. The van der Waals surface area contributed by atoms with Gasteiger partial charge in [-0.1, -0.05) is 13.3 Å². The predicted molar refractivity (Wildman–Crippen MR) is 81.3 cm³/mol. The average molecular weight is 291 g/mol. The molecule has 0 spiro atoms. The van der Waals surface area contributed by atoms with Crippen LogP contribution in [-0.2, 0) is 0 Å². The molecule has 1 atom stereocenters. The molecular weight excluding hydrogens is 270 g/mol. The van der Waals surface area contributed by atoms with Crippen LogP contribution in [0.25, 0.3) is 11.1 Å². The van der Waals surface area contributed by atoms with Crippen molar-refractivity contribution in [3.63, 3.8) is 0 Å². The van der Waals surface area contributed by atoms with Gasteiger partial charge in [0, 0.05) is 12.6 Å². The van der Waals surface area contributed by atoms with E-state index in [1.54, 1.807) is 25.1 Å². The molecule has 0 saturated carbocycles. The minimum absolute atomic E-state index is 0.101. The zero-order valence-corrected chi connectivity index (χ0v) is 12.6. The Morgan fingerprint density at radius 1 is 1.48 bits per heavy atom. The third-order valence-corrected chi connectivity index (χ3v) is 3.32. The van der Waals surface area contributed by atoms with E-state index in [-0.39, 0.29) is 12.6 Å². The minimum Gasteiger partial charge on any atom is -0.441 e. The third kappa shape index (κ3) is 3.72. The Bertz CT molecular complexity index is 638. The number of carbonyl (C=O) groups excluding carboxylic acids is 1. The first-order chi connectivity index (χ1) is 9.95. The summed E-state index contributed by atoms with van der Waals surface area (Å²) >= 11 is 0. The van der Waals surface area contributed by atoms with Crippen molar-refractivity contribution in [2.45, 2.75) is 39.2 Å². The number of nitrogens with zero attached hydrogens (tertiary/aromatic N) is 1. The number of aromatic nitrogens is 1. The Kier molecular flexibility index (Phi) is 4.47. The van der Waals surface area contributed by atoms with Crippen LogP contribution >= 0.6 is 0 Å². The van der Waals surface area contributed by atoms with Gasteiger partial charge in [-0.3, -0.25) is 0 Å². The van der Waals surface area contributed by atoms with Crippen LogP contribution in [0.1, 0.15) is 32.6 Å². The molecule has 0 radical (unpaired) electrons. The normalized spacial score (nSPS) is 13.9. The molecule has 0 fully saturated rings. The van der Waals surface area contributed by atoms with Crippen LogP contribution in [0.15, 0.2) is 22.6 Å². The lowest BCUT2D eigenvalue weighted by molar-refractivity contribution is 0.167. The molecule has 0 bridgehead atoms. The van der Waals surface area contributed by atoms with Crippen molar-refractivity contribution in [3.8, 4) is 0 Å². The third-order valence-electron chi connectivity index (χ3n) is 3.32. The second-order valence-corrected chi connectivity index (χ2v) is 5.46. The number of fused-ring (bicyclic) bond motifs is 1. The highest BCUT2D eigenvalue weighted by molar-refractivity contribution is 5.92. The molecule has 2 rings (SSSR count). The summed E-state index contributed by atoms with van der Waals surface area (Å²) in [7, 11) is 0. The Hall–Kier alpha value is -2.08. The largest absolute Gasteiger partial charge is 0.441 e. The van der Waals surface area contributed by atoms with Crippen LogP contribution < -0.4 is 10.6 Å². The number of aryl methyl sites for hydroxylation is 1. The molecule has 114 valence electrons. The van der Waals surface area contributed by atoms with Crippen molar-refractivity contribution in [3.05, 3.63) is 24.1 Å². The van der Waals surface area contributed by atoms with Crippen LogP contribution in [0, 0.1) is 6.92 Å². The number of carbonyl (C=O) groups is 1. The SMILES string of the molecule is CCCC(C)(CO)NC(=O)Nc1ccc2oc(C)nc2c1. The van der Waals surface area contributed by atoms with E-state index in [9.17, 15) is 9.90 Å². The summed E-state index contributed by atoms with van der Waals surface area (Å²) in [5.41, 5.74) is 1.39. The van der Waals surface area contributed by atoms with E-state index < -0.39 is 5.54 Å². The zero-order valence-electron chi connectivity index (χ0n) is 12.6. The first-order valence-corrected chi connectivity index (χ1v) is 7.03. The average Bonchev–Trinajstić information content (AvgIpc) is 2.78. The summed E-state index contributed by atoms with van der Waals surface area (Å²) in [6, 6.07) is 4.92. The molecule has 1 heterocycles. The number of aliphatic hydroxyl groups is 1. The minimum atomic E-state index is -0.618. The van der Waals surface area contributed by atoms with E-state index in [1.165, 1.54) is 0 Å². The maximum Gasteiger partial charge on any atom is 0.319 e. The lowest BCUT2D eigenvalue weighted by Gasteiger charge is -2.28. The number of benzene rings is 1. The number of oxazole rings is 1. The Labute approximate surface area is 123 Å². The molecule has 0 saturated heterocycles. The summed E-state index contributed by atoms with van der Waals surface area (Å²) in [5, 5.41) is 15.0. The molecule has 0 aliphatic heterocycles. The summed E-state index contributed by atoms with van der Waals surface area (Å²) in [6.45, 7) is 5.50. The zero-order chi connectivity index (χ0) is 15.5. The number of rotatable bonds is 5. The molecule has 6 nitrogen and oxygen atoms in total. The fourth-order valence-corrected chi connectivity index (χ4v) is 2.29. The summed E-state index contributed by atoms with van der Waals surface area (Å²) in [6.07, 6.45) is 1.58. The molecular formula is C15H21N3O3. The monoisotopic (exact) mass is 291 g/mol. The van der Waals surface area contributed by atoms with E-state index >= 15 is 0 Å². The molecule has 21 heavy (non-hydrogen) atoms. The maximum atomic E-state index is 12.0. The molecule has 1 aromatic heterocycles. The van der Waals surface area contributed by atoms with Gasteiger partial charge in [-0.25, -0.2) is 9.78 Å². The van der Waals surface area contributed by atoms with Gasteiger partial charge >= 0.3 is 6.03 Å². The second-order valence-electron chi connectivity index (χ2n) is 5.46. The highest BCUT2D eigenvalue weighted by atomic mass is 16.3. The van der Waals surface area contributed by atoms with Crippen LogP contribution in [0.2, 0.25) is 0 Å². The van der Waals surface area contributed by atoms with E-state index in [1.807, 2.05) is 13.8 Å². The van der Waals surface area contributed by atoms with Crippen LogP contribution in [0.4, 0.5) is 10.5 Å². The lowest BCUT2D eigenvalue weighted by Crippen LogP contribution is -2.50. The number of amides is 2. The number of urea groups is 1. The van der Waals surface area contributed by atoms with E-state index in [0.29, 0.717) is 29.1 Å². The van der Waals surface area contributed by atoms with Gasteiger partial charge in [0.05, 0.1) is 12.1 Å². The molecule has 0 aliphatic carbocycles. The van der Waals surface area contributed by atoms with E-state index in [0.717, 1.165) is 6.42 Å². The number of nitrogens with one attached hydrogen (secondary N) is 2. The number of anilines is 1. The number of hydrogen-bond acceptors (Lipinski definition) is 4. The fourth-order valence-electron chi connectivity index (χ4n) is 2.29. The number of aliphatic hydroxyl groups excluding tert-OH is 1. The molecule has 2 amide bonds. The van der Waals surface area contributed by atoms with Crippen LogP contribution in [0.3, 0.4) is 0 Å². The first kappa shape index (κ1) is 15.3. The Morgan fingerprint density at radius 3 is 2.90 bits per heavy atom. The maximum absolute atomic E-state index is 12.0. The smallest absolute Gasteiger partial charge is 0.319 e. The standard InChI is InChI=1S/C15H21N3O3/c1-4-7-15(3,9-19)18-14(20)17-11-5-6-13-12(8-11)16-10(2)21-13/h5-6,8,19H,4,7,9H2,1-3H3,(H2,17,18,20). The second kappa shape index (κ2) is 6.13. The summed E-state index contributed by atoms with van der Waals surface area (Å²) < 4.78 is 5.39. The Morgan fingerprint density at radius 2 is 2.24 bits per heavy atom. The van der Waals surface area contributed by atoms with Gasteiger partial charge in [0.1, 0.15) is 5.52 Å². The Balaban J connectivity index is 2.06. The van der Waals surface area contributed by atoms with Gasteiger partial charge in [-0.15, -0.1) is 0 Å². The molecule has 0 aliphatic rings.